The molecule has 0 saturated carbocycles. The molecular formula is C26H53N5O4. The summed E-state index contributed by atoms with van der Waals surface area (Å²) in [4.78, 5) is 0. The molecule has 9 heteroatoms. The van der Waals surface area contributed by atoms with E-state index in [1.807, 2.05) is 0 Å². The summed E-state index contributed by atoms with van der Waals surface area (Å²) in [7, 11) is 0. The van der Waals surface area contributed by atoms with Gasteiger partial charge in [0.25, 0.3) is 0 Å². The Hall–Kier alpha value is -1.06. The van der Waals surface area contributed by atoms with Gasteiger partial charge in [0, 0.05) is 12.0 Å². The summed E-state index contributed by atoms with van der Waals surface area (Å²) in [6.07, 6.45) is 9.84. The number of nitrogens with one attached hydrogen (secondary N) is 2. The van der Waals surface area contributed by atoms with Crippen LogP contribution in [-0.2, 0) is 4.74 Å². The lowest BCUT2D eigenvalue weighted by atomic mass is 9.97. The Bertz CT molecular complexity index is 572. The van der Waals surface area contributed by atoms with Gasteiger partial charge in [-0.05, 0) is 71.4 Å². The molecule has 6 unspecified atom stereocenters. The molecule has 0 bridgehead atoms. The minimum Gasteiger partial charge on any atom is -0.387 e. The molecule has 0 aliphatic rings. The molecule has 11 N–H and O–H groups in total. The summed E-state index contributed by atoms with van der Waals surface area (Å²) >= 11 is 0. The number of hydrogen-bond donors (Lipinski definition) is 8. The van der Waals surface area contributed by atoms with E-state index in [1.165, 1.54) is 0 Å². The number of rotatable bonds is 23. The quantitative estimate of drug-likeness (QED) is 0.0445. The Morgan fingerprint density at radius 3 is 2.23 bits per heavy atom. The van der Waals surface area contributed by atoms with Crippen LogP contribution in [0.1, 0.15) is 84.5 Å². The van der Waals surface area contributed by atoms with Crippen molar-refractivity contribution in [3.8, 4) is 12.3 Å². The maximum atomic E-state index is 11.0. The normalized spacial score (nSPS) is 16.9. The van der Waals surface area contributed by atoms with E-state index in [0.717, 1.165) is 44.9 Å². The van der Waals surface area contributed by atoms with E-state index in [2.05, 4.69) is 30.1 Å². The highest BCUT2D eigenvalue weighted by Gasteiger charge is 2.28. The van der Waals surface area contributed by atoms with Crippen LogP contribution in [-0.4, -0.2) is 65.5 Å². The topological polar surface area (TPSA) is 172 Å². The molecular weight excluding hydrogens is 446 g/mol. The minimum atomic E-state index is -1.08. The van der Waals surface area contributed by atoms with Crippen LogP contribution in [0.4, 0.5) is 0 Å². The molecule has 0 aliphatic heterocycles. The molecule has 9 nitrogen and oxygen atoms in total. The molecule has 0 spiro atoms. The first kappa shape index (κ1) is 33.9. The molecule has 0 aromatic carbocycles. The van der Waals surface area contributed by atoms with Crippen LogP contribution in [0.5, 0.6) is 0 Å². The van der Waals surface area contributed by atoms with Gasteiger partial charge in [0.15, 0.2) is 6.29 Å². The Morgan fingerprint density at radius 1 is 1.00 bits per heavy atom. The van der Waals surface area contributed by atoms with E-state index in [1.54, 1.807) is 6.92 Å². The zero-order valence-corrected chi connectivity index (χ0v) is 22.0. The lowest BCUT2D eigenvalue weighted by molar-refractivity contribution is -0.177. The number of ether oxygens (including phenoxy) is 1. The van der Waals surface area contributed by atoms with Gasteiger partial charge in [-0.15, -0.1) is 12.3 Å². The highest BCUT2D eigenvalue weighted by molar-refractivity contribution is 5.03. The summed E-state index contributed by atoms with van der Waals surface area (Å²) in [6.45, 7) is 8.87. The largest absolute Gasteiger partial charge is 0.387 e. The zero-order valence-electron chi connectivity index (χ0n) is 22.0. The zero-order chi connectivity index (χ0) is 26.6. The lowest BCUT2D eigenvalue weighted by Gasteiger charge is -2.32. The van der Waals surface area contributed by atoms with Crippen LogP contribution >= 0.6 is 0 Å². The van der Waals surface area contributed by atoms with Gasteiger partial charge < -0.3 is 37.3 Å². The third-order valence-corrected chi connectivity index (χ3v) is 6.20. The second kappa shape index (κ2) is 21.1. The van der Waals surface area contributed by atoms with Crippen molar-refractivity contribution in [3.63, 3.8) is 0 Å². The van der Waals surface area contributed by atoms with Crippen molar-refractivity contribution in [3.05, 3.63) is 12.2 Å². The van der Waals surface area contributed by atoms with Crippen molar-refractivity contribution in [2.75, 3.05) is 13.1 Å². The van der Waals surface area contributed by atoms with Gasteiger partial charge in [0.05, 0.1) is 12.2 Å². The number of aliphatic hydroxyl groups excluding tert-OH is 3. The molecule has 0 rings (SSSR count). The fraction of sp³-hybridized carbons (Fsp3) is 0.846. The van der Waals surface area contributed by atoms with Gasteiger partial charge in [-0.25, -0.2) is 0 Å². The predicted octanol–water partition coefficient (Wildman–Crippen LogP) is 1.21. The van der Waals surface area contributed by atoms with Gasteiger partial charge in [-0.1, -0.05) is 38.3 Å². The molecule has 35 heavy (non-hydrogen) atoms. The third kappa shape index (κ3) is 17.1. The summed E-state index contributed by atoms with van der Waals surface area (Å²) in [6, 6.07) is -0.447. The minimum absolute atomic E-state index is 0.246. The Balaban J connectivity index is 5.10. The third-order valence-electron chi connectivity index (χ3n) is 6.20. The molecule has 0 radical (unpaired) electrons. The highest BCUT2D eigenvalue weighted by Crippen LogP contribution is 2.19. The van der Waals surface area contributed by atoms with Crippen LogP contribution in [0.25, 0.3) is 0 Å². The Labute approximate surface area is 213 Å². The van der Waals surface area contributed by atoms with Gasteiger partial charge in [0.2, 0.25) is 0 Å². The van der Waals surface area contributed by atoms with Crippen LogP contribution in [0.2, 0.25) is 0 Å². The molecule has 0 saturated heterocycles. The average molecular weight is 500 g/mol. The maximum absolute atomic E-state index is 11.0. The first-order chi connectivity index (χ1) is 16.7. The summed E-state index contributed by atoms with van der Waals surface area (Å²) in [5.74, 6) is 3.06. The number of hydrogen-bond acceptors (Lipinski definition) is 9. The van der Waals surface area contributed by atoms with E-state index < -0.39 is 37.1 Å². The average Bonchev–Trinajstić information content (AvgIpc) is 2.82. The molecule has 206 valence electrons. The first-order valence-electron chi connectivity index (χ1n) is 13.2. The summed E-state index contributed by atoms with van der Waals surface area (Å²) in [5, 5.41) is 38.1. The lowest BCUT2D eigenvalue weighted by Crippen LogP contribution is -2.52. The Kier molecular flexibility index (Phi) is 20.4. The second-order valence-corrected chi connectivity index (χ2v) is 9.45. The van der Waals surface area contributed by atoms with Crippen LogP contribution in [0, 0.1) is 18.3 Å². The van der Waals surface area contributed by atoms with Crippen molar-refractivity contribution < 1.29 is 20.1 Å². The molecule has 0 aromatic heterocycles. The van der Waals surface area contributed by atoms with Crippen LogP contribution in [0.15, 0.2) is 12.2 Å². The van der Waals surface area contributed by atoms with Gasteiger partial charge >= 0.3 is 0 Å². The fourth-order valence-corrected chi connectivity index (χ4v) is 3.94. The van der Waals surface area contributed by atoms with Gasteiger partial charge in [-0.3, -0.25) is 10.6 Å². The standard InChI is InChI=1S/C26H53N5O4/c1-5-20(6-2)13-9-10-15-22(35-23(32)16-8-7-11-17-27)25(34)31-21(24(33)19(3)4)14-12-18-30-26(28)29/h1,20-26,30-34H,3,6-18,27-29H2,2,4H3. The number of terminal acetylenes is 1. The molecule has 0 aromatic rings. The second-order valence-electron chi connectivity index (χ2n) is 9.45. The van der Waals surface area contributed by atoms with E-state index in [9.17, 15) is 15.3 Å². The summed E-state index contributed by atoms with van der Waals surface area (Å²) < 4.78 is 5.87. The first-order valence-corrected chi connectivity index (χ1v) is 13.2. The molecule has 6 atom stereocenters. The van der Waals surface area contributed by atoms with Crippen LogP contribution < -0.4 is 27.8 Å². The molecule has 0 heterocycles. The molecule has 0 aliphatic carbocycles. The number of unbranched alkanes of at least 4 members (excludes halogenated alkanes) is 3. The van der Waals surface area contributed by atoms with E-state index in [-0.39, 0.29) is 5.92 Å². The van der Waals surface area contributed by atoms with E-state index >= 15 is 0 Å². The van der Waals surface area contributed by atoms with Crippen molar-refractivity contribution in [1.29, 1.82) is 0 Å². The Morgan fingerprint density at radius 2 is 1.66 bits per heavy atom. The smallest absolute Gasteiger partial charge is 0.155 e. The van der Waals surface area contributed by atoms with Crippen molar-refractivity contribution in [2.45, 2.75) is 122 Å². The predicted molar refractivity (Wildman–Crippen MR) is 143 cm³/mol. The van der Waals surface area contributed by atoms with E-state index in [4.69, 9.17) is 28.4 Å². The van der Waals surface area contributed by atoms with E-state index in [0.29, 0.717) is 44.3 Å². The fourth-order valence-electron chi connectivity index (χ4n) is 3.94. The van der Waals surface area contributed by atoms with Crippen molar-refractivity contribution in [2.24, 2.45) is 23.1 Å². The van der Waals surface area contributed by atoms with Gasteiger partial charge in [0.1, 0.15) is 12.5 Å². The monoisotopic (exact) mass is 499 g/mol. The number of nitrogens with two attached hydrogens (primary N) is 3. The van der Waals surface area contributed by atoms with Crippen molar-refractivity contribution >= 4 is 0 Å². The maximum Gasteiger partial charge on any atom is 0.155 e. The van der Waals surface area contributed by atoms with Crippen molar-refractivity contribution in [1.82, 2.24) is 10.6 Å². The molecule has 0 fully saturated rings. The number of aliphatic hydroxyl groups is 3. The van der Waals surface area contributed by atoms with Gasteiger partial charge in [-0.2, -0.15) is 0 Å². The van der Waals surface area contributed by atoms with Crippen LogP contribution in [0.3, 0.4) is 0 Å². The highest BCUT2D eigenvalue weighted by atomic mass is 16.6. The SMILES string of the molecule is C#CC(CC)CCCCC(OC(O)CCCCCN)C(O)NC(CCCNC(N)N)C(O)C(=C)C. The summed E-state index contributed by atoms with van der Waals surface area (Å²) in [5.41, 5.74) is 17.2. The molecule has 0 amide bonds.